The van der Waals surface area contributed by atoms with Crippen molar-refractivity contribution >= 4 is 113 Å². The largest absolute Gasteiger partial charge is 0.309 e. The van der Waals surface area contributed by atoms with E-state index < -0.39 is 0 Å². The molecule has 3 nitrogen and oxygen atoms in total. The van der Waals surface area contributed by atoms with Crippen LogP contribution in [0.25, 0.3) is 55.0 Å². The molecule has 8 aromatic rings. The van der Waals surface area contributed by atoms with Gasteiger partial charge in [0.1, 0.15) is 0 Å². The maximum atomic E-state index is 13.6. The molecule has 0 spiro atoms. The van der Waals surface area contributed by atoms with Gasteiger partial charge in [0.15, 0.2) is 5.78 Å². The summed E-state index contributed by atoms with van der Waals surface area (Å²) >= 11 is 14.6. The predicted molar refractivity (Wildman–Crippen MR) is 196 cm³/mol. The molecule has 2 aromatic heterocycles. The maximum absolute atomic E-state index is 13.6. The lowest BCUT2D eigenvalue weighted by molar-refractivity contribution is 0.103. The Hall–Kier alpha value is -3.49. The summed E-state index contributed by atoms with van der Waals surface area (Å²) in [5.74, 6) is -0.0106. The van der Waals surface area contributed by atoms with Gasteiger partial charge in [-0.05, 0) is 97.1 Å². The fourth-order valence-corrected chi connectivity index (χ4v) is 7.57. The van der Waals surface area contributed by atoms with E-state index in [0.717, 1.165) is 51.3 Å². The number of hydrogen-bond donors (Lipinski definition) is 0. The Balaban J connectivity index is 1.16. The zero-order valence-electron chi connectivity index (χ0n) is 22.9. The van der Waals surface area contributed by atoms with Crippen LogP contribution in [0.2, 0.25) is 0 Å². The van der Waals surface area contributed by atoms with Crippen LogP contribution in [0.1, 0.15) is 15.9 Å². The minimum atomic E-state index is -0.0106. The number of hydrogen-bond acceptors (Lipinski definition) is 1. The van der Waals surface area contributed by atoms with E-state index in [1.807, 2.05) is 48.5 Å². The molecule has 0 atom stereocenters. The highest BCUT2D eigenvalue weighted by Crippen LogP contribution is 2.37. The summed E-state index contributed by atoms with van der Waals surface area (Å²) in [4.78, 5) is 13.6. The van der Waals surface area contributed by atoms with Gasteiger partial charge in [0.2, 0.25) is 0 Å². The molecule has 0 radical (unpaired) electrons. The summed E-state index contributed by atoms with van der Waals surface area (Å²) in [6.07, 6.45) is 0. The number of halogens is 4. The number of benzene rings is 6. The lowest BCUT2D eigenvalue weighted by Gasteiger charge is -2.11. The van der Waals surface area contributed by atoms with Crippen molar-refractivity contribution in [2.45, 2.75) is 0 Å². The monoisotopic (exact) mass is 824 g/mol. The predicted octanol–water partition coefficient (Wildman–Crippen LogP) is 12.2. The summed E-state index contributed by atoms with van der Waals surface area (Å²) in [6.45, 7) is 0. The second-order valence-corrected chi connectivity index (χ2v) is 14.4. The minimum Gasteiger partial charge on any atom is -0.309 e. The zero-order valence-corrected chi connectivity index (χ0v) is 29.2. The first kappa shape index (κ1) is 28.0. The molecule has 8 rings (SSSR count). The average Bonchev–Trinajstić information content (AvgIpc) is 3.51. The van der Waals surface area contributed by atoms with E-state index in [1.165, 1.54) is 21.5 Å². The molecule has 0 aliphatic rings. The molecule has 212 valence electrons. The van der Waals surface area contributed by atoms with E-state index in [2.05, 4.69) is 146 Å². The molecule has 0 fully saturated rings. The van der Waals surface area contributed by atoms with E-state index in [1.54, 1.807) is 0 Å². The molecular formula is C37H20Br4N2O. The van der Waals surface area contributed by atoms with Crippen molar-refractivity contribution in [2.75, 3.05) is 0 Å². The zero-order chi connectivity index (χ0) is 30.1. The third-order valence-electron chi connectivity index (χ3n) is 8.16. The van der Waals surface area contributed by atoms with Gasteiger partial charge in [0.25, 0.3) is 0 Å². The van der Waals surface area contributed by atoms with Crippen LogP contribution in [-0.4, -0.2) is 14.9 Å². The van der Waals surface area contributed by atoms with E-state index in [-0.39, 0.29) is 5.78 Å². The first-order valence-electron chi connectivity index (χ1n) is 13.9. The number of aromatic nitrogens is 2. The van der Waals surface area contributed by atoms with E-state index in [9.17, 15) is 4.79 Å². The fourth-order valence-electron chi connectivity index (χ4n) is 6.18. The molecule has 7 heteroatoms. The van der Waals surface area contributed by atoms with Gasteiger partial charge >= 0.3 is 0 Å². The number of nitrogens with zero attached hydrogens (tertiary/aromatic N) is 2. The molecule has 0 aliphatic carbocycles. The fraction of sp³-hybridized carbons (Fsp3) is 0. The summed E-state index contributed by atoms with van der Waals surface area (Å²) in [7, 11) is 0. The first-order chi connectivity index (χ1) is 21.4. The van der Waals surface area contributed by atoms with E-state index in [0.29, 0.717) is 11.1 Å². The van der Waals surface area contributed by atoms with E-state index >= 15 is 0 Å². The number of carbonyl (C=O) groups is 1. The van der Waals surface area contributed by atoms with Crippen LogP contribution in [0.3, 0.4) is 0 Å². The normalized spacial score (nSPS) is 11.7. The van der Waals surface area contributed by atoms with Crippen LogP contribution in [0.4, 0.5) is 0 Å². The Morgan fingerprint density at radius 1 is 0.386 bits per heavy atom. The van der Waals surface area contributed by atoms with Crippen molar-refractivity contribution in [3.8, 4) is 11.4 Å². The number of rotatable bonds is 4. The highest BCUT2D eigenvalue weighted by atomic mass is 79.9. The summed E-state index contributed by atoms with van der Waals surface area (Å²) in [5, 5.41) is 4.72. The van der Waals surface area contributed by atoms with Gasteiger partial charge in [-0.1, -0.05) is 88.0 Å². The third kappa shape index (κ3) is 4.60. The molecule has 0 N–H and O–H groups in total. The van der Waals surface area contributed by atoms with Gasteiger partial charge in [0, 0.05) is 61.9 Å². The Kier molecular flexibility index (Phi) is 6.90. The second kappa shape index (κ2) is 10.8. The Bertz CT molecular complexity index is 2150. The van der Waals surface area contributed by atoms with Crippen molar-refractivity contribution in [3.05, 3.63) is 150 Å². The molecule has 0 aliphatic heterocycles. The van der Waals surface area contributed by atoms with Crippen molar-refractivity contribution < 1.29 is 4.79 Å². The van der Waals surface area contributed by atoms with Gasteiger partial charge in [0.05, 0.1) is 22.1 Å². The van der Waals surface area contributed by atoms with Crippen LogP contribution in [-0.2, 0) is 0 Å². The van der Waals surface area contributed by atoms with Crippen molar-refractivity contribution in [2.24, 2.45) is 0 Å². The molecule has 0 unspecified atom stereocenters. The van der Waals surface area contributed by atoms with Gasteiger partial charge in [-0.15, -0.1) is 0 Å². The molecule has 0 bridgehead atoms. The van der Waals surface area contributed by atoms with Gasteiger partial charge in [-0.3, -0.25) is 4.79 Å². The summed E-state index contributed by atoms with van der Waals surface area (Å²) in [6, 6.07) is 41.2. The molecule has 6 aromatic carbocycles. The van der Waals surface area contributed by atoms with E-state index in [4.69, 9.17) is 0 Å². The highest BCUT2D eigenvalue weighted by molar-refractivity contribution is 9.11. The van der Waals surface area contributed by atoms with Crippen LogP contribution in [0.5, 0.6) is 0 Å². The standard InChI is InChI=1S/C37H20Br4N2O/c38-23-5-13-29-30-14-6-24(39)18-34(30)42(33(29)17-23)27-9-1-21(2-10-27)37(44)22-3-11-28(12-4-22)43-35-19-25(40)7-15-31(35)32-16-8-26(41)20-36(32)43/h1-20H. The minimum absolute atomic E-state index is 0.0106. The van der Waals surface area contributed by atoms with Crippen LogP contribution >= 0.6 is 63.7 Å². The molecule has 0 saturated carbocycles. The van der Waals surface area contributed by atoms with Gasteiger partial charge < -0.3 is 9.13 Å². The van der Waals surface area contributed by atoms with Crippen molar-refractivity contribution in [1.29, 1.82) is 0 Å². The van der Waals surface area contributed by atoms with Gasteiger partial charge in [-0.2, -0.15) is 0 Å². The lowest BCUT2D eigenvalue weighted by Crippen LogP contribution is -2.03. The van der Waals surface area contributed by atoms with Crippen LogP contribution in [0, 0.1) is 0 Å². The Morgan fingerprint density at radius 2 is 0.659 bits per heavy atom. The Labute approximate surface area is 286 Å². The maximum Gasteiger partial charge on any atom is 0.193 e. The molecular weight excluding hydrogens is 808 g/mol. The second-order valence-electron chi connectivity index (χ2n) is 10.7. The van der Waals surface area contributed by atoms with Gasteiger partial charge in [-0.25, -0.2) is 0 Å². The SMILES string of the molecule is O=C(c1ccc(-n2c3cc(Br)ccc3c3ccc(Br)cc32)cc1)c1ccc(-n2c3cc(Br)ccc3c3ccc(Br)cc32)cc1. The van der Waals surface area contributed by atoms with Crippen LogP contribution < -0.4 is 0 Å². The quantitative estimate of drug-likeness (QED) is 0.162. The molecule has 0 amide bonds. The van der Waals surface area contributed by atoms with Crippen molar-refractivity contribution in [1.82, 2.24) is 9.13 Å². The summed E-state index contributed by atoms with van der Waals surface area (Å²) in [5.41, 5.74) is 7.70. The molecule has 2 heterocycles. The van der Waals surface area contributed by atoms with Crippen molar-refractivity contribution in [3.63, 3.8) is 0 Å². The first-order valence-corrected chi connectivity index (χ1v) is 17.1. The topological polar surface area (TPSA) is 26.9 Å². The molecule has 44 heavy (non-hydrogen) atoms. The summed E-state index contributed by atoms with van der Waals surface area (Å²) < 4.78 is 8.56. The molecule has 0 saturated heterocycles. The average molecular weight is 828 g/mol. The van der Waals surface area contributed by atoms with Crippen LogP contribution in [0.15, 0.2) is 139 Å². The Morgan fingerprint density at radius 3 is 0.932 bits per heavy atom. The smallest absolute Gasteiger partial charge is 0.193 e. The third-order valence-corrected chi connectivity index (χ3v) is 10.1. The number of fused-ring (bicyclic) bond motifs is 6. The number of ketones is 1. The highest BCUT2D eigenvalue weighted by Gasteiger charge is 2.17. The number of carbonyl (C=O) groups excluding carboxylic acids is 1. The lowest BCUT2D eigenvalue weighted by atomic mass is 10.0.